The van der Waals surface area contributed by atoms with Gasteiger partial charge in [-0.2, -0.15) is 5.10 Å². The number of carbonyl (C=O) groups is 1. The van der Waals surface area contributed by atoms with E-state index in [9.17, 15) is 4.79 Å². The fraction of sp³-hybridized carbons (Fsp3) is 0.0588. The number of amides is 1. The molecule has 4 heteroatoms. The molecule has 106 valence electrons. The highest BCUT2D eigenvalue weighted by Gasteiger charge is 2.03. The SMILES string of the molecule is CC(/C=C/c1ccccc1)=NNC(=O)c1cccc(Br)c1. The average molecular weight is 343 g/mol. The van der Waals surface area contributed by atoms with E-state index in [2.05, 4.69) is 26.5 Å². The molecule has 0 bridgehead atoms. The second-order valence-corrected chi connectivity index (χ2v) is 5.36. The number of hydrogen-bond acceptors (Lipinski definition) is 2. The van der Waals surface area contributed by atoms with Gasteiger partial charge in [-0.25, -0.2) is 5.43 Å². The van der Waals surface area contributed by atoms with Crippen molar-refractivity contribution >= 4 is 33.6 Å². The molecule has 0 aliphatic carbocycles. The number of rotatable bonds is 4. The lowest BCUT2D eigenvalue weighted by Crippen LogP contribution is -2.18. The van der Waals surface area contributed by atoms with E-state index in [1.54, 1.807) is 12.1 Å². The van der Waals surface area contributed by atoms with Crippen LogP contribution in [0.5, 0.6) is 0 Å². The van der Waals surface area contributed by atoms with E-state index in [0.717, 1.165) is 15.7 Å². The van der Waals surface area contributed by atoms with Crippen LogP contribution in [0.3, 0.4) is 0 Å². The summed E-state index contributed by atoms with van der Waals surface area (Å²) in [5, 5.41) is 4.06. The Morgan fingerprint density at radius 3 is 2.62 bits per heavy atom. The third kappa shape index (κ3) is 5.00. The Hall–Kier alpha value is -2.20. The molecule has 3 nitrogen and oxygen atoms in total. The van der Waals surface area contributed by atoms with Gasteiger partial charge in [-0.1, -0.05) is 58.4 Å². The highest BCUT2D eigenvalue weighted by Crippen LogP contribution is 2.11. The zero-order valence-corrected chi connectivity index (χ0v) is 13.2. The Morgan fingerprint density at radius 1 is 1.14 bits per heavy atom. The number of carbonyl (C=O) groups excluding carboxylic acids is 1. The molecule has 0 unspecified atom stereocenters. The van der Waals surface area contributed by atoms with Crippen molar-refractivity contribution in [3.63, 3.8) is 0 Å². The second-order valence-electron chi connectivity index (χ2n) is 4.45. The lowest BCUT2D eigenvalue weighted by molar-refractivity contribution is 0.0955. The largest absolute Gasteiger partial charge is 0.271 e. The molecule has 21 heavy (non-hydrogen) atoms. The van der Waals surface area contributed by atoms with E-state index in [-0.39, 0.29) is 5.91 Å². The van der Waals surface area contributed by atoms with Gasteiger partial charge < -0.3 is 0 Å². The molecule has 0 aliphatic heterocycles. The highest BCUT2D eigenvalue weighted by atomic mass is 79.9. The lowest BCUT2D eigenvalue weighted by Gasteiger charge is -2.01. The standard InChI is InChI=1S/C17H15BrN2O/c1-13(10-11-14-6-3-2-4-7-14)19-20-17(21)15-8-5-9-16(18)12-15/h2-12H,1H3,(H,20,21)/b11-10+,19-13?. The van der Waals surface area contributed by atoms with E-state index in [4.69, 9.17) is 0 Å². The van der Waals surface area contributed by atoms with Gasteiger partial charge in [0.1, 0.15) is 0 Å². The molecular formula is C17H15BrN2O. The van der Waals surface area contributed by atoms with Gasteiger partial charge in [0.15, 0.2) is 0 Å². The van der Waals surface area contributed by atoms with Crippen molar-refractivity contribution in [1.82, 2.24) is 5.43 Å². The molecule has 0 radical (unpaired) electrons. The molecule has 0 saturated carbocycles. The van der Waals surface area contributed by atoms with E-state index in [1.165, 1.54) is 0 Å². The fourth-order valence-electron chi connectivity index (χ4n) is 1.65. The third-order valence-electron chi connectivity index (χ3n) is 2.74. The summed E-state index contributed by atoms with van der Waals surface area (Å²) < 4.78 is 0.861. The minimum atomic E-state index is -0.233. The first-order valence-electron chi connectivity index (χ1n) is 6.48. The first kappa shape index (κ1) is 15.2. The van der Waals surface area contributed by atoms with Crippen LogP contribution in [0, 0.1) is 0 Å². The molecule has 1 N–H and O–H groups in total. The summed E-state index contributed by atoms with van der Waals surface area (Å²) in [4.78, 5) is 11.9. The molecule has 0 aromatic heterocycles. The number of allylic oxidation sites excluding steroid dienone is 1. The van der Waals surface area contributed by atoms with Crippen LogP contribution in [0.2, 0.25) is 0 Å². The Labute approximate surface area is 132 Å². The molecule has 0 saturated heterocycles. The molecule has 2 rings (SSSR count). The number of nitrogens with one attached hydrogen (secondary N) is 1. The molecule has 2 aromatic carbocycles. The maximum atomic E-state index is 11.9. The van der Waals surface area contributed by atoms with E-state index >= 15 is 0 Å². The summed E-state index contributed by atoms with van der Waals surface area (Å²) in [6.07, 6.45) is 3.81. The summed E-state index contributed by atoms with van der Waals surface area (Å²) in [5.41, 5.74) is 4.91. The average Bonchev–Trinajstić information content (AvgIpc) is 2.51. The first-order valence-corrected chi connectivity index (χ1v) is 7.28. The molecule has 1 amide bonds. The summed E-state index contributed by atoms with van der Waals surface area (Å²) in [6, 6.07) is 17.1. The normalized spacial score (nSPS) is 11.6. The minimum absolute atomic E-state index is 0.233. The first-order chi connectivity index (χ1) is 10.1. The van der Waals surface area contributed by atoms with Gasteiger partial charge in [0.25, 0.3) is 5.91 Å². The van der Waals surface area contributed by atoms with E-state index in [1.807, 2.05) is 61.5 Å². The molecular weight excluding hydrogens is 328 g/mol. The van der Waals surface area contributed by atoms with Gasteiger partial charge in [-0.15, -0.1) is 0 Å². The smallest absolute Gasteiger partial charge is 0.267 e. The number of hydrogen-bond donors (Lipinski definition) is 1. The van der Waals surface area contributed by atoms with Crippen LogP contribution >= 0.6 is 15.9 Å². The third-order valence-corrected chi connectivity index (χ3v) is 3.23. The van der Waals surface area contributed by atoms with Crippen molar-refractivity contribution in [2.45, 2.75) is 6.92 Å². The monoisotopic (exact) mass is 342 g/mol. The van der Waals surface area contributed by atoms with Crippen LogP contribution in [0.15, 0.2) is 70.2 Å². The topological polar surface area (TPSA) is 41.5 Å². The maximum Gasteiger partial charge on any atom is 0.271 e. The number of nitrogens with zero attached hydrogens (tertiary/aromatic N) is 1. The van der Waals surface area contributed by atoms with Crippen LogP contribution in [-0.2, 0) is 0 Å². The van der Waals surface area contributed by atoms with Gasteiger partial charge in [0, 0.05) is 10.0 Å². The summed E-state index contributed by atoms with van der Waals surface area (Å²) in [7, 11) is 0. The van der Waals surface area contributed by atoms with Gasteiger partial charge in [-0.05, 0) is 36.8 Å². The zero-order valence-electron chi connectivity index (χ0n) is 11.6. The van der Waals surface area contributed by atoms with E-state index in [0.29, 0.717) is 5.56 Å². The number of benzene rings is 2. The lowest BCUT2D eigenvalue weighted by atomic mass is 10.2. The van der Waals surface area contributed by atoms with Crippen molar-refractivity contribution in [1.29, 1.82) is 0 Å². The van der Waals surface area contributed by atoms with Gasteiger partial charge in [-0.3, -0.25) is 4.79 Å². The van der Waals surface area contributed by atoms with Gasteiger partial charge >= 0.3 is 0 Å². The number of hydrazone groups is 1. The predicted molar refractivity (Wildman–Crippen MR) is 90.2 cm³/mol. The Morgan fingerprint density at radius 2 is 1.90 bits per heavy atom. The quantitative estimate of drug-likeness (QED) is 0.654. The summed E-state index contributed by atoms with van der Waals surface area (Å²) in [5.74, 6) is -0.233. The Bertz CT molecular complexity index is 678. The summed E-state index contributed by atoms with van der Waals surface area (Å²) >= 11 is 3.33. The number of halogens is 1. The summed E-state index contributed by atoms with van der Waals surface area (Å²) in [6.45, 7) is 1.83. The Balaban J connectivity index is 1.97. The fourth-order valence-corrected chi connectivity index (χ4v) is 2.05. The molecule has 0 aliphatic rings. The van der Waals surface area contributed by atoms with Crippen LogP contribution < -0.4 is 5.43 Å². The van der Waals surface area contributed by atoms with Crippen molar-refractivity contribution in [2.24, 2.45) is 5.10 Å². The Kier molecular flexibility index (Phi) is 5.46. The highest BCUT2D eigenvalue weighted by molar-refractivity contribution is 9.10. The van der Waals surface area contributed by atoms with Crippen LogP contribution in [0.1, 0.15) is 22.8 Å². The molecule has 2 aromatic rings. The molecule has 0 heterocycles. The van der Waals surface area contributed by atoms with Crippen LogP contribution in [-0.4, -0.2) is 11.6 Å². The van der Waals surface area contributed by atoms with Crippen LogP contribution in [0.25, 0.3) is 6.08 Å². The molecule has 0 spiro atoms. The van der Waals surface area contributed by atoms with Crippen LogP contribution in [0.4, 0.5) is 0 Å². The van der Waals surface area contributed by atoms with Gasteiger partial charge in [0.2, 0.25) is 0 Å². The van der Waals surface area contributed by atoms with Crippen molar-refractivity contribution in [3.8, 4) is 0 Å². The molecule has 0 atom stereocenters. The van der Waals surface area contributed by atoms with Crippen molar-refractivity contribution in [2.75, 3.05) is 0 Å². The van der Waals surface area contributed by atoms with Crippen molar-refractivity contribution < 1.29 is 4.79 Å². The van der Waals surface area contributed by atoms with Crippen molar-refractivity contribution in [3.05, 3.63) is 76.3 Å². The maximum absolute atomic E-state index is 11.9. The zero-order chi connectivity index (χ0) is 15.1. The minimum Gasteiger partial charge on any atom is -0.267 e. The predicted octanol–water partition coefficient (Wildman–Crippen LogP) is 4.27. The van der Waals surface area contributed by atoms with Gasteiger partial charge in [0.05, 0.1) is 5.71 Å². The molecule has 0 fully saturated rings. The second kappa shape index (κ2) is 7.55. The van der Waals surface area contributed by atoms with E-state index < -0.39 is 0 Å².